The highest BCUT2D eigenvalue weighted by atomic mass is 32.1. The van der Waals surface area contributed by atoms with E-state index in [1.54, 1.807) is 0 Å². The molecule has 0 atom stereocenters. The molecule has 92 valence electrons. The van der Waals surface area contributed by atoms with Gasteiger partial charge in [0.2, 0.25) is 0 Å². The molecule has 0 aliphatic carbocycles. The van der Waals surface area contributed by atoms with Crippen LogP contribution >= 0.6 is 12.6 Å². The highest BCUT2D eigenvalue weighted by molar-refractivity contribution is 7.80. The Kier molecular flexibility index (Phi) is 8.64. The first kappa shape index (κ1) is 15.3. The molecule has 0 aromatic heterocycles. The van der Waals surface area contributed by atoms with Crippen LogP contribution in [0.25, 0.3) is 0 Å². The van der Waals surface area contributed by atoms with Crippen molar-refractivity contribution < 1.29 is 0 Å². The van der Waals surface area contributed by atoms with Crippen molar-refractivity contribution in [3.05, 3.63) is 0 Å². The standard InChI is InChI=1S/C13H29NS/c1-5-9-10-14(8-4)11-13(6-2,7-3)12-15/h15H,5-12H2,1-4H3. The van der Waals surface area contributed by atoms with Crippen LogP contribution in [0.2, 0.25) is 0 Å². The van der Waals surface area contributed by atoms with E-state index in [1.165, 1.54) is 45.3 Å². The fourth-order valence-electron chi connectivity index (χ4n) is 1.95. The zero-order valence-corrected chi connectivity index (χ0v) is 11.9. The van der Waals surface area contributed by atoms with Crippen molar-refractivity contribution in [3.8, 4) is 0 Å². The largest absolute Gasteiger partial charge is 0.303 e. The van der Waals surface area contributed by atoms with Gasteiger partial charge in [-0.1, -0.05) is 34.1 Å². The molecule has 0 saturated carbocycles. The fourth-order valence-corrected chi connectivity index (χ4v) is 2.50. The van der Waals surface area contributed by atoms with E-state index in [4.69, 9.17) is 0 Å². The molecular weight excluding hydrogens is 202 g/mol. The first-order valence-corrected chi connectivity index (χ1v) is 7.14. The van der Waals surface area contributed by atoms with Crippen molar-refractivity contribution in [1.82, 2.24) is 4.90 Å². The molecule has 1 nitrogen and oxygen atoms in total. The smallest absolute Gasteiger partial charge is 0.00455 e. The minimum absolute atomic E-state index is 0.437. The van der Waals surface area contributed by atoms with Gasteiger partial charge in [-0.2, -0.15) is 12.6 Å². The quantitative estimate of drug-likeness (QED) is 0.590. The van der Waals surface area contributed by atoms with E-state index in [2.05, 4.69) is 45.2 Å². The summed E-state index contributed by atoms with van der Waals surface area (Å²) in [5.74, 6) is 1.02. The van der Waals surface area contributed by atoms with Gasteiger partial charge in [0.05, 0.1) is 0 Å². The van der Waals surface area contributed by atoms with Crippen LogP contribution in [0.3, 0.4) is 0 Å². The molecule has 0 aromatic rings. The molecule has 0 bridgehead atoms. The van der Waals surface area contributed by atoms with Crippen LogP contribution in [0.5, 0.6) is 0 Å². The first-order valence-electron chi connectivity index (χ1n) is 6.51. The Bertz CT molecular complexity index is 135. The summed E-state index contributed by atoms with van der Waals surface area (Å²) in [5.41, 5.74) is 0.437. The molecule has 0 spiro atoms. The SMILES string of the molecule is CCCCN(CC)CC(CC)(CC)CS. The van der Waals surface area contributed by atoms with Crippen molar-refractivity contribution in [2.24, 2.45) is 5.41 Å². The zero-order valence-electron chi connectivity index (χ0n) is 11.1. The minimum Gasteiger partial charge on any atom is -0.303 e. The summed E-state index contributed by atoms with van der Waals surface area (Å²) in [4.78, 5) is 2.59. The highest BCUT2D eigenvalue weighted by Crippen LogP contribution is 2.29. The Labute approximate surface area is 102 Å². The summed E-state index contributed by atoms with van der Waals surface area (Å²) in [5, 5.41) is 0. The van der Waals surface area contributed by atoms with Crippen LogP contribution in [0.15, 0.2) is 0 Å². The van der Waals surface area contributed by atoms with Gasteiger partial charge in [0.15, 0.2) is 0 Å². The highest BCUT2D eigenvalue weighted by Gasteiger charge is 2.26. The van der Waals surface area contributed by atoms with Crippen molar-refractivity contribution in [3.63, 3.8) is 0 Å². The average molecular weight is 231 g/mol. The second-order valence-corrected chi connectivity index (χ2v) is 4.90. The van der Waals surface area contributed by atoms with Crippen molar-refractivity contribution in [2.45, 2.75) is 53.4 Å². The molecular formula is C13H29NS. The predicted molar refractivity (Wildman–Crippen MR) is 73.9 cm³/mol. The second-order valence-electron chi connectivity index (χ2n) is 4.59. The van der Waals surface area contributed by atoms with E-state index in [-0.39, 0.29) is 0 Å². The summed E-state index contributed by atoms with van der Waals surface area (Å²) >= 11 is 4.54. The Morgan fingerprint density at radius 3 is 2.00 bits per heavy atom. The summed E-state index contributed by atoms with van der Waals surface area (Å²) < 4.78 is 0. The van der Waals surface area contributed by atoms with E-state index in [0.29, 0.717) is 5.41 Å². The van der Waals surface area contributed by atoms with E-state index >= 15 is 0 Å². The van der Waals surface area contributed by atoms with Crippen LogP contribution in [0.1, 0.15) is 53.4 Å². The number of thiol groups is 1. The fraction of sp³-hybridized carbons (Fsp3) is 1.00. The number of unbranched alkanes of at least 4 members (excludes halogenated alkanes) is 1. The van der Waals surface area contributed by atoms with Crippen LogP contribution < -0.4 is 0 Å². The normalized spacial score (nSPS) is 12.4. The van der Waals surface area contributed by atoms with Gasteiger partial charge in [-0.3, -0.25) is 0 Å². The van der Waals surface area contributed by atoms with E-state index < -0.39 is 0 Å². The maximum atomic E-state index is 4.54. The summed E-state index contributed by atoms with van der Waals surface area (Å²) in [6.45, 7) is 12.8. The molecule has 0 radical (unpaired) electrons. The van der Waals surface area contributed by atoms with Gasteiger partial charge < -0.3 is 4.90 Å². The number of nitrogens with zero attached hydrogens (tertiary/aromatic N) is 1. The van der Waals surface area contributed by atoms with E-state index in [0.717, 1.165) is 5.75 Å². The van der Waals surface area contributed by atoms with E-state index in [1.807, 2.05) is 0 Å². The van der Waals surface area contributed by atoms with Gasteiger partial charge in [-0.25, -0.2) is 0 Å². The lowest BCUT2D eigenvalue weighted by Gasteiger charge is -2.35. The molecule has 0 unspecified atom stereocenters. The molecule has 0 saturated heterocycles. The average Bonchev–Trinajstić information content (AvgIpc) is 2.30. The predicted octanol–water partition coefficient (Wildman–Crippen LogP) is 3.84. The molecule has 0 amide bonds. The van der Waals surface area contributed by atoms with Crippen LogP contribution in [0, 0.1) is 5.41 Å². The first-order chi connectivity index (χ1) is 7.17. The van der Waals surface area contributed by atoms with Crippen molar-refractivity contribution in [2.75, 3.05) is 25.4 Å². The van der Waals surface area contributed by atoms with Crippen LogP contribution in [-0.2, 0) is 0 Å². The van der Waals surface area contributed by atoms with Gasteiger partial charge in [-0.05, 0) is 43.5 Å². The van der Waals surface area contributed by atoms with Crippen molar-refractivity contribution >= 4 is 12.6 Å². The monoisotopic (exact) mass is 231 g/mol. The third kappa shape index (κ3) is 5.26. The molecule has 0 aliphatic rings. The summed E-state index contributed by atoms with van der Waals surface area (Å²) in [6, 6.07) is 0. The Balaban J connectivity index is 4.21. The third-order valence-electron chi connectivity index (χ3n) is 3.67. The molecule has 0 fully saturated rings. The third-order valence-corrected chi connectivity index (χ3v) is 4.34. The van der Waals surface area contributed by atoms with Gasteiger partial charge in [-0.15, -0.1) is 0 Å². The number of hydrogen-bond donors (Lipinski definition) is 1. The molecule has 2 heteroatoms. The van der Waals surface area contributed by atoms with Gasteiger partial charge in [0.25, 0.3) is 0 Å². The summed E-state index contributed by atoms with van der Waals surface area (Å²) in [7, 11) is 0. The van der Waals surface area contributed by atoms with Crippen LogP contribution in [-0.4, -0.2) is 30.3 Å². The lowest BCUT2D eigenvalue weighted by Crippen LogP contribution is -2.39. The van der Waals surface area contributed by atoms with Gasteiger partial charge in [0.1, 0.15) is 0 Å². The number of rotatable bonds is 9. The zero-order chi connectivity index (χ0) is 11.7. The maximum Gasteiger partial charge on any atom is 0.00455 e. The maximum absolute atomic E-state index is 4.54. The van der Waals surface area contributed by atoms with E-state index in [9.17, 15) is 0 Å². The number of hydrogen-bond acceptors (Lipinski definition) is 2. The lowest BCUT2D eigenvalue weighted by atomic mass is 9.84. The molecule has 0 aromatic carbocycles. The van der Waals surface area contributed by atoms with Gasteiger partial charge >= 0.3 is 0 Å². The Morgan fingerprint density at radius 2 is 1.67 bits per heavy atom. The van der Waals surface area contributed by atoms with Crippen molar-refractivity contribution in [1.29, 1.82) is 0 Å². The topological polar surface area (TPSA) is 3.24 Å². The van der Waals surface area contributed by atoms with Crippen LogP contribution in [0.4, 0.5) is 0 Å². The molecule has 0 N–H and O–H groups in total. The molecule has 0 rings (SSSR count). The molecule has 15 heavy (non-hydrogen) atoms. The summed E-state index contributed by atoms with van der Waals surface area (Å²) in [6.07, 6.45) is 5.11. The van der Waals surface area contributed by atoms with Gasteiger partial charge in [0, 0.05) is 6.54 Å². The lowest BCUT2D eigenvalue weighted by molar-refractivity contribution is 0.162. The Hall–Kier alpha value is 0.310. The second kappa shape index (κ2) is 8.46. The molecule has 0 heterocycles. The Morgan fingerprint density at radius 1 is 1.07 bits per heavy atom. The molecule has 0 aliphatic heterocycles. The minimum atomic E-state index is 0.437.